The molecule has 0 spiro atoms. The molecule has 1 aromatic carbocycles. The number of hydrogen-bond donors (Lipinski definition) is 2. The topological polar surface area (TPSA) is 32.3 Å². The summed E-state index contributed by atoms with van der Waals surface area (Å²) in [5, 5.41) is 13.3. The minimum Gasteiger partial charge on any atom is -0.396 e. The number of aliphatic hydroxyl groups is 1. The fourth-order valence-corrected chi connectivity index (χ4v) is 4.10. The molecule has 2 heteroatoms. The zero-order chi connectivity index (χ0) is 15.4. The van der Waals surface area contributed by atoms with Crippen LogP contribution in [0.2, 0.25) is 0 Å². The van der Waals surface area contributed by atoms with Gasteiger partial charge in [0.05, 0.1) is 0 Å². The Labute approximate surface area is 130 Å². The molecular formula is C19H31NO. The van der Waals surface area contributed by atoms with Crippen LogP contribution in [0.5, 0.6) is 0 Å². The van der Waals surface area contributed by atoms with E-state index in [1.54, 1.807) is 0 Å². The van der Waals surface area contributed by atoms with E-state index in [1.807, 2.05) is 0 Å². The molecule has 0 aromatic heterocycles. The van der Waals surface area contributed by atoms with Crippen LogP contribution in [-0.4, -0.2) is 18.3 Å². The third-order valence-electron chi connectivity index (χ3n) is 5.16. The van der Waals surface area contributed by atoms with Gasteiger partial charge in [0.1, 0.15) is 0 Å². The summed E-state index contributed by atoms with van der Waals surface area (Å²) >= 11 is 0. The predicted octanol–water partition coefficient (Wildman–Crippen LogP) is 4.06. The van der Waals surface area contributed by atoms with Crippen LogP contribution in [0.3, 0.4) is 0 Å². The zero-order valence-corrected chi connectivity index (χ0v) is 14.1. The predicted molar refractivity (Wildman–Crippen MR) is 89.6 cm³/mol. The van der Waals surface area contributed by atoms with E-state index in [0.717, 1.165) is 6.54 Å². The van der Waals surface area contributed by atoms with Crippen molar-refractivity contribution in [1.82, 2.24) is 5.32 Å². The fourth-order valence-electron chi connectivity index (χ4n) is 4.10. The Balaban J connectivity index is 2.00. The Morgan fingerprint density at radius 1 is 1.10 bits per heavy atom. The number of nitrogens with one attached hydrogen (secondary N) is 1. The Hall–Kier alpha value is -0.860. The summed E-state index contributed by atoms with van der Waals surface area (Å²) in [6, 6.07) is 4.93. The molecule has 1 aromatic rings. The summed E-state index contributed by atoms with van der Waals surface area (Å²) in [6.45, 7) is 10.2. The molecule has 2 N–H and O–H groups in total. The maximum Gasteiger partial charge on any atom is 0.0462 e. The molecule has 118 valence electrons. The van der Waals surface area contributed by atoms with Gasteiger partial charge in [0.15, 0.2) is 0 Å². The molecule has 3 unspecified atom stereocenters. The first-order chi connectivity index (χ1) is 10.0. The van der Waals surface area contributed by atoms with Crippen molar-refractivity contribution in [3.8, 4) is 0 Å². The number of benzene rings is 1. The molecule has 21 heavy (non-hydrogen) atoms. The highest BCUT2D eigenvalue weighted by atomic mass is 16.3. The van der Waals surface area contributed by atoms with Crippen molar-refractivity contribution in [2.24, 2.45) is 11.8 Å². The van der Waals surface area contributed by atoms with Gasteiger partial charge in [-0.15, -0.1) is 0 Å². The second kappa shape index (κ2) is 7.42. The monoisotopic (exact) mass is 289 g/mol. The van der Waals surface area contributed by atoms with E-state index in [2.05, 4.69) is 45.1 Å². The van der Waals surface area contributed by atoms with Crippen molar-refractivity contribution in [2.75, 3.05) is 13.2 Å². The third-order valence-corrected chi connectivity index (χ3v) is 5.16. The van der Waals surface area contributed by atoms with Gasteiger partial charge in [0.2, 0.25) is 0 Å². The third kappa shape index (κ3) is 4.08. The Kier molecular flexibility index (Phi) is 5.83. The number of aliphatic hydroxyl groups excluding tert-OH is 1. The average molecular weight is 289 g/mol. The fraction of sp³-hybridized carbons (Fsp3) is 0.684. The van der Waals surface area contributed by atoms with Crippen LogP contribution in [0, 0.1) is 32.6 Å². The number of aryl methyl sites for hydroxylation is 3. The van der Waals surface area contributed by atoms with Gasteiger partial charge >= 0.3 is 0 Å². The lowest BCUT2D eigenvalue weighted by Gasteiger charge is -2.32. The Morgan fingerprint density at radius 2 is 1.67 bits per heavy atom. The van der Waals surface area contributed by atoms with Gasteiger partial charge < -0.3 is 10.4 Å². The molecule has 1 fully saturated rings. The molecule has 0 bridgehead atoms. The molecule has 0 saturated heterocycles. The van der Waals surface area contributed by atoms with E-state index in [-0.39, 0.29) is 0 Å². The molecule has 0 radical (unpaired) electrons. The Morgan fingerprint density at radius 3 is 2.24 bits per heavy atom. The van der Waals surface area contributed by atoms with Crippen molar-refractivity contribution in [1.29, 1.82) is 0 Å². The van der Waals surface area contributed by atoms with Crippen LogP contribution in [0.25, 0.3) is 0 Å². The van der Waals surface area contributed by atoms with Crippen molar-refractivity contribution < 1.29 is 5.11 Å². The molecule has 3 atom stereocenters. The molecule has 1 aliphatic rings. The minimum absolute atomic E-state index is 0.351. The van der Waals surface area contributed by atoms with Gasteiger partial charge in [-0.05, 0) is 75.6 Å². The summed E-state index contributed by atoms with van der Waals surface area (Å²) in [5.74, 6) is 1.14. The van der Waals surface area contributed by atoms with E-state index in [4.69, 9.17) is 0 Å². The van der Waals surface area contributed by atoms with Crippen LogP contribution in [0.15, 0.2) is 12.1 Å². The van der Waals surface area contributed by atoms with Crippen molar-refractivity contribution in [3.05, 3.63) is 34.4 Å². The molecule has 2 rings (SSSR count). The number of hydrogen-bond acceptors (Lipinski definition) is 2. The maximum absolute atomic E-state index is 9.53. The van der Waals surface area contributed by atoms with E-state index in [0.29, 0.717) is 24.5 Å². The highest BCUT2D eigenvalue weighted by Gasteiger charge is 2.25. The van der Waals surface area contributed by atoms with Gasteiger partial charge in [-0.25, -0.2) is 0 Å². The summed E-state index contributed by atoms with van der Waals surface area (Å²) < 4.78 is 0. The second-order valence-electron chi connectivity index (χ2n) is 6.93. The highest BCUT2D eigenvalue weighted by Crippen LogP contribution is 2.30. The summed E-state index contributed by atoms with van der Waals surface area (Å²) in [6.07, 6.45) is 5.06. The van der Waals surface area contributed by atoms with Gasteiger partial charge in [-0.3, -0.25) is 0 Å². The van der Waals surface area contributed by atoms with E-state index >= 15 is 0 Å². The molecule has 0 aliphatic heterocycles. The van der Waals surface area contributed by atoms with Crippen molar-refractivity contribution in [3.63, 3.8) is 0 Å². The molecule has 0 heterocycles. The standard InChI is InChI=1S/C19H31NO/c1-13-9-14(2)19(15(3)10-13)16(4)20-11-17-7-5-6-8-18(17)12-21/h9-10,16-18,20-21H,5-8,11-12H2,1-4H3. The molecule has 0 amide bonds. The first kappa shape index (κ1) is 16.5. The van der Waals surface area contributed by atoms with Gasteiger partial charge in [-0.2, -0.15) is 0 Å². The molecule has 1 saturated carbocycles. The normalized spacial score (nSPS) is 24.0. The molecule has 1 aliphatic carbocycles. The lowest BCUT2D eigenvalue weighted by atomic mass is 9.79. The van der Waals surface area contributed by atoms with Crippen LogP contribution in [-0.2, 0) is 0 Å². The molecular weight excluding hydrogens is 258 g/mol. The minimum atomic E-state index is 0.351. The van der Waals surface area contributed by atoms with E-state index in [9.17, 15) is 5.11 Å². The maximum atomic E-state index is 9.53. The SMILES string of the molecule is Cc1cc(C)c(C(C)NCC2CCCCC2CO)c(C)c1. The van der Waals surface area contributed by atoms with Gasteiger partial charge in [0, 0.05) is 12.6 Å². The quantitative estimate of drug-likeness (QED) is 0.856. The summed E-state index contributed by atoms with van der Waals surface area (Å²) in [5.41, 5.74) is 5.55. The molecule has 2 nitrogen and oxygen atoms in total. The highest BCUT2D eigenvalue weighted by molar-refractivity contribution is 5.39. The van der Waals surface area contributed by atoms with Crippen LogP contribution in [0.1, 0.15) is 60.9 Å². The van der Waals surface area contributed by atoms with E-state index < -0.39 is 0 Å². The van der Waals surface area contributed by atoms with Gasteiger partial charge in [-0.1, -0.05) is 30.5 Å². The second-order valence-corrected chi connectivity index (χ2v) is 6.93. The first-order valence-electron chi connectivity index (χ1n) is 8.45. The largest absolute Gasteiger partial charge is 0.396 e. The lowest BCUT2D eigenvalue weighted by molar-refractivity contribution is 0.131. The van der Waals surface area contributed by atoms with Crippen LogP contribution >= 0.6 is 0 Å². The van der Waals surface area contributed by atoms with Crippen LogP contribution < -0.4 is 5.32 Å². The zero-order valence-electron chi connectivity index (χ0n) is 14.1. The first-order valence-corrected chi connectivity index (χ1v) is 8.45. The van der Waals surface area contributed by atoms with Crippen molar-refractivity contribution >= 4 is 0 Å². The van der Waals surface area contributed by atoms with Crippen molar-refractivity contribution in [2.45, 2.75) is 59.4 Å². The lowest BCUT2D eigenvalue weighted by Crippen LogP contribution is -2.34. The summed E-state index contributed by atoms with van der Waals surface area (Å²) in [4.78, 5) is 0. The number of rotatable bonds is 5. The average Bonchev–Trinajstić information content (AvgIpc) is 2.44. The van der Waals surface area contributed by atoms with Crippen LogP contribution in [0.4, 0.5) is 0 Å². The van der Waals surface area contributed by atoms with Gasteiger partial charge in [0.25, 0.3) is 0 Å². The smallest absolute Gasteiger partial charge is 0.0462 e. The Bertz CT molecular complexity index is 446. The van der Waals surface area contributed by atoms with E-state index in [1.165, 1.54) is 47.9 Å². The summed E-state index contributed by atoms with van der Waals surface area (Å²) in [7, 11) is 0.